The topological polar surface area (TPSA) is 84.0 Å². The van der Waals surface area contributed by atoms with E-state index in [2.05, 4.69) is 15.2 Å². The van der Waals surface area contributed by atoms with Gasteiger partial charge in [0.05, 0.1) is 18.8 Å². The van der Waals surface area contributed by atoms with Crippen molar-refractivity contribution in [3.8, 4) is 11.5 Å². The molecule has 0 atom stereocenters. The van der Waals surface area contributed by atoms with Crippen LogP contribution in [0.25, 0.3) is 0 Å². The Labute approximate surface area is 247 Å². The van der Waals surface area contributed by atoms with Crippen LogP contribution in [0.2, 0.25) is 0 Å². The zero-order valence-corrected chi connectivity index (χ0v) is 24.3. The molecule has 2 aliphatic rings. The summed E-state index contributed by atoms with van der Waals surface area (Å²) in [4.78, 5) is 33.4. The second-order valence-electron chi connectivity index (χ2n) is 9.78. The number of amides is 2. The summed E-state index contributed by atoms with van der Waals surface area (Å²) < 4.78 is 11.8. The van der Waals surface area contributed by atoms with Gasteiger partial charge >= 0.3 is 0 Å². The Balaban J connectivity index is 0.00000220. The van der Waals surface area contributed by atoms with Crippen molar-refractivity contribution in [2.45, 2.75) is 25.8 Å². The summed E-state index contributed by atoms with van der Waals surface area (Å²) in [6.07, 6.45) is 6.11. The third kappa shape index (κ3) is 7.65. The summed E-state index contributed by atoms with van der Waals surface area (Å²) in [5, 5.41) is 2.87. The van der Waals surface area contributed by atoms with Gasteiger partial charge in [-0.25, -0.2) is 0 Å². The van der Waals surface area contributed by atoms with Crippen molar-refractivity contribution in [3.05, 3.63) is 88.7 Å². The Bertz CT molecular complexity index is 1290. The maximum Gasteiger partial charge on any atom is 0.257 e. The van der Waals surface area contributed by atoms with Gasteiger partial charge in [0, 0.05) is 64.1 Å². The Morgan fingerprint density at radius 3 is 2.67 bits per heavy atom. The van der Waals surface area contributed by atoms with Crippen LogP contribution in [0.1, 0.15) is 43.8 Å². The van der Waals surface area contributed by atoms with E-state index in [1.165, 1.54) is 5.56 Å². The number of benzene rings is 2. The van der Waals surface area contributed by atoms with Gasteiger partial charge in [0.15, 0.2) is 0 Å². The van der Waals surface area contributed by atoms with Gasteiger partial charge in [-0.1, -0.05) is 12.1 Å². The number of carbonyl (C=O) groups excluding carboxylic acids is 2. The van der Waals surface area contributed by atoms with Gasteiger partial charge in [0.25, 0.3) is 11.8 Å². The molecule has 2 aliphatic heterocycles. The van der Waals surface area contributed by atoms with Crippen LogP contribution in [0.5, 0.6) is 11.5 Å². The number of nitrogens with one attached hydrogen (secondary N) is 1. The van der Waals surface area contributed by atoms with Gasteiger partial charge < -0.3 is 19.7 Å². The Morgan fingerprint density at radius 1 is 1.02 bits per heavy atom. The highest BCUT2D eigenvalue weighted by Gasteiger charge is 2.23. The number of para-hydroxylation sites is 1. The molecule has 1 N–H and O–H groups in total. The van der Waals surface area contributed by atoms with E-state index in [9.17, 15) is 9.59 Å². The minimum absolute atomic E-state index is 0. The highest BCUT2D eigenvalue weighted by molar-refractivity contribution is 5.97. The highest BCUT2D eigenvalue weighted by Crippen LogP contribution is 2.30. The van der Waals surface area contributed by atoms with Gasteiger partial charge in [0.1, 0.15) is 11.5 Å². The van der Waals surface area contributed by atoms with Crippen molar-refractivity contribution >= 4 is 36.6 Å². The van der Waals surface area contributed by atoms with Crippen molar-refractivity contribution < 1.29 is 19.1 Å². The number of hydrogen-bond acceptors (Lipinski definition) is 6. The van der Waals surface area contributed by atoms with Crippen molar-refractivity contribution in [2.24, 2.45) is 0 Å². The van der Waals surface area contributed by atoms with Crippen molar-refractivity contribution in [3.63, 3.8) is 0 Å². The molecule has 1 aromatic heterocycles. The molecule has 5 rings (SSSR count). The number of likely N-dealkylation sites (N-methyl/N-ethyl adjacent to an activating group) is 1. The number of hydrogen-bond donors (Lipinski definition) is 1. The lowest BCUT2D eigenvalue weighted by atomic mass is 10.0. The first-order chi connectivity index (χ1) is 18.6. The van der Waals surface area contributed by atoms with E-state index < -0.39 is 0 Å². The molecule has 0 spiro atoms. The third-order valence-corrected chi connectivity index (χ3v) is 7.09. The molecule has 40 heavy (non-hydrogen) atoms. The zero-order chi connectivity index (χ0) is 26.3. The summed E-state index contributed by atoms with van der Waals surface area (Å²) in [6, 6.07) is 15.5. The first-order valence-corrected chi connectivity index (χ1v) is 13.2. The molecule has 0 aliphatic carbocycles. The largest absolute Gasteiger partial charge is 0.494 e. The molecule has 2 amide bonds. The minimum Gasteiger partial charge on any atom is -0.494 e. The van der Waals surface area contributed by atoms with E-state index in [0.717, 1.165) is 67.1 Å². The van der Waals surface area contributed by atoms with E-state index in [1.807, 2.05) is 55.6 Å². The maximum absolute atomic E-state index is 13.2. The molecule has 0 fully saturated rings. The van der Waals surface area contributed by atoms with Crippen molar-refractivity contribution in [1.82, 2.24) is 20.1 Å². The summed E-state index contributed by atoms with van der Waals surface area (Å²) in [7, 11) is 1.85. The molecule has 0 bridgehead atoms. The van der Waals surface area contributed by atoms with Gasteiger partial charge in [0.2, 0.25) is 0 Å². The van der Waals surface area contributed by atoms with Gasteiger partial charge in [-0.15, -0.1) is 24.8 Å². The SMILES string of the molecule is CN(CCN(CCCOc1ccc2c(c1)CCNC2=O)Cc1ccncc1)C(=O)c1cccc2c1OCC2.Cl.Cl. The summed E-state index contributed by atoms with van der Waals surface area (Å²) >= 11 is 0. The fraction of sp³-hybridized carbons (Fsp3) is 0.367. The molecule has 2 aromatic carbocycles. The molecule has 0 radical (unpaired) electrons. The molecule has 3 heterocycles. The third-order valence-electron chi connectivity index (χ3n) is 7.09. The lowest BCUT2D eigenvalue weighted by Crippen LogP contribution is -2.37. The normalized spacial score (nSPS) is 13.2. The van der Waals surface area contributed by atoms with Crippen LogP contribution in [0.4, 0.5) is 0 Å². The summed E-state index contributed by atoms with van der Waals surface area (Å²) in [5.41, 5.74) is 4.69. The first-order valence-electron chi connectivity index (χ1n) is 13.2. The Hall–Kier alpha value is -3.33. The number of carbonyl (C=O) groups is 2. The molecule has 214 valence electrons. The van der Waals surface area contributed by atoms with Crippen LogP contribution in [0.3, 0.4) is 0 Å². The second kappa shape index (κ2) is 14.9. The average Bonchev–Trinajstić information content (AvgIpc) is 3.43. The van der Waals surface area contributed by atoms with E-state index >= 15 is 0 Å². The molecule has 8 nitrogen and oxygen atoms in total. The quantitative estimate of drug-likeness (QED) is 0.339. The van der Waals surface area contributed by atoms with Crippen LogP contribution in [-0.2, 0) is 19.4 Å². The molecule has 0 saturated carbocycles. The number of rotatable bonds is 11. The number of fused-ring (bicyclic) bond motifs is 2. The van der Waals surface area contributed by atoms with Crippen molar-refractivity contribution in [1.29, 1.82) is 0 Å². The highest BCUT2D eigenvalue weighted by atomic mass is 35.5. The molecule has 0 unspecified atom stereocenters. The van der Waals surface area contributed by atoms with Crippen LogP contribution < -0.4 is 14.8 Å². The second-order valence-corrected chi connectivity index (χ2v) is 9.78. The molecular weight excluding hydrogens is 551 g/mol. The Morgan fingerprint density at radius 2 is 1.85 bits per heavy atom. The number of pyridine rings is 1. The van der Waals surface area contributed by atoms with E-state index in [0.29, 0.717) is 31.9 Å². The average molecular weight is 588 g/mol. The predicted octanol–water partition coefficient (Wildman–Crippen LogP) is 4.19. The lowest BCUT2D eigenvalue weighted by Gasteiger charge is -2.26. The molecular formula is C30H36Cl2N4O4. The summed E-state index contributed by atoms with van der Waals surface area (Å²) in [6.45, 7) is 4.78. The number of nitrogens with zero attached hydrogens (tertiary/aromatic N) is 3. The standard InChI is InChI=1S/C30H34N4O4.2ClH/c1-33(30(36)27-5-2-4-23-11-19-38-28(23)27)16-17-34(21-22-8-12-31-13-9-22)15-3-18-37-25-6-7-26-24(20-25)10-14-32-29(26)35;;/h2,4-9,12-13,20H,3,10-11,14-19,21H2,1H3,(H,32,35);2*1H. The van der Waals surface area contributed by atoms with Gasteiger partial charge in [-0.3, -0.25) is 19.5 Å². The van der Waals surface area contributed by atoms with E-state index in [-0.39, 0.29) is 36.6 Å². The molecule has 10 heteroatoms. The fourth-order valence-electron chi connectivity index (χ4n) is 4.97. The minimum atomic E-state index is -0.0166. The first kappa shape index (κ1) is 31.2. The van der Waals surface area contributed by atoms with E-state index in [4.69, 9.17) is 9.47 Å². The fourth-order valence-corrected chi connectivity index (χ4v) is 4.97. The smallest absolute Gasteiger partial charge is 0.257 e. The molecule has 3 aromatic rings. The van der Waals surface area contributed by atoms with Crippen LogP contribution in [-0.4, -0.2) is 73.0 Å². The Kier molecular flexibility index (Phi) is 11.6. The molecule has 0 saturated heterocycles. The predicted molar refractivity (Wildman–Crippen MR) is 159 cm³/mol. The lowest BCUT2D eigenvalue weighted by molar-refractivity contribution is 0.0770. The zero-order valence-electron chi connectivity index (χ0n) is 22.6. The number of ether oxygens (including phenoxy) is 2. The maximum atomic E-state index is 13.2. The van der Waals surface area contributed by atoms with Gasteiger partial charge in [-0.05, 0) is 65.9 Å². The number of aromatic nitrogens is 1. The van der Waals surface area contributed by atoms with Crippen molar-refractivity contribution in [2.75, 3.05) is 46.4 Å². The van der Waals surface area contributed by atoms with Crippen LogP contribution >= 0.6 is 24.8 Å². The number of halogens is 2. The summed E-state index contributed by atoms with van der Waals surface area (Å²) in [5.74, 6) is 1.49. The van der Waals surface area contributed by atoms with E-state index in [1.54, 1.807) is 17.3 Å². The van der Waals surface area contributed by atoms with Crippen LogP contribution in [0, 0.1) is 0 Å². The monoisotopic (exact) mass is 586 g/mol. The van der Waals surface area contributed by atoms with Crippen LogP contribution in [0.15, 0.2) is 60.9 Å². The van der Waals surface area contributed by atoms with Gasteiger partial charge in [-0.2, -0.15) is 0 Å².